The molecule has 1 heteroatoms. The van der Waals surface area contributed by atoms with Crippen LogP contribution >= 0.6 is 0 Å². The van der Waals surface area contributed by atoms with Crippen LogP contribution < -0.4 is 4.74 Å². The second-order valence-corrected chi connectivity index (χ2v) is 6.80. The zero-order valence-electron chi connectivity index (χ0n) is 12.9. The van der Waals surface area contributed by atoms with Gasteiger partial charge in [-0.05, 0) is 69.2 Å². The molecule has 1 heterocycles. The van der Waals surface area contributed by atoms with Crippen LogP contribution in [-0.2, 0) is 12.8 Å². The highest BCUT2D eigenvalue weighted by Gasteiger charge is 2.34. The summed E-state index contributed by atoms with van der Waals surface area (Å²) in [5.74, 6) is 1.86. The van der Waals surface area contributed by atoms with E-state index in [0.717, 1.165) is 12.2 Å². The van der Waals surface area contributed by atoms with Gasteiger partial charge in [0, 0.05) is 12.0 Å². The summed E-state index contributed by atoms with van der Waals surface area (Å²) in [4.78, 5) is 0. The maximum atomic E-state index is 6.15. The highest BCUT2D eigenvalue weighted by atomic mass is 16.5. The van der Waals surface area contributed by atoms with E-state index in [2.05, 4.69) is 48.5 Å². The lowest BCUT2D eigenvalue weighted by Crippen LogP contribution is -2.24. The largest absolute Gasteiger partial charge is 0.487 e. The second-order valence-electron chi connectivity index (χ2n) is 6.80. The van der Waals surface area contributed by atoms with E-state index in [0.29, 0.717) is 5.92 Å². The topological polar surface area (TPSA) is 9.23 Å². The molecule has 0 unspecified atom stereocenters. The first-order valence-electron chi connectivity index (χ1n) is 7.03. The maximum absolute atomic E-state index is 6.15. The second kappa shape index (κ2) is 4.29. The Bertz CT molecular complexity index is 474. The van der Waals surface area contributed by atoms with Crippen LogP contribution in [0.15, 0.2) is 0 Å². The zero-order chi connectivity index (χ0) is 13.7. The van der Waals surface area contributed by atoms with Crippen molar-refractivity contribution in [3.63, 3.8) is 0 Å². The molecule has 2 rings (SSSR count). The van der Waals surface area contributed by atoms with Crippen molar-refractivity contribution in [1.29, 1.82) is 0 Å². The highest BCUT2D eigenvalue weighted by Crippen LogP contribution is 2.42. The lowest BCUT2D eigenvalue weighted by atomic mass is 9.86. The molecule has 0 saturated heterocycles. The third kappa shape index (κ3) is 2.15. The van der Waals surface area contributed by atoms with Crippen molar-refractivity contribution in [3.05, 3.63) is 27.8 Å². The first-order valence-corrected chi connectivity index (χ1v) is 7.03. The van der Waals surface area contributed by atoms with Gasteiger partial charge in [-0.2, -0.15) is 0 Å². The molecule has 1 nitrogen and oxygen atoms in total. The smallest absolute Gasteiger partial charge is 0.126 e. The fourth-order valence-electron chi connectivity index (χ4n) is 3.06. The van der Waals surface area contributed by atoms with Gasteiger partial charge in [-0.3, -0.25) is 0 Å². The van der Waals surface area contributed by atoms with Gasteiger partial charge in [0.1, 0.15) is 11.4 Å². The van der Waals surface area contributed by atoms with Gasteiger partial charge in [0.15, 0.2) is 0 Å². The van der Waals surface area contributed by atoms with Gasteiger partial charge in [-0.25, -0.2) is 0 Å². The fourth-order valence-corrected chi connectivity index (χ4v) is 3.06. The van der Waals surface area contributed by atoms with E-state index in [4.69, 9.17) is 4.74 Å². The van der Waals surface area contributed by atoms with Gasteiger partial charge in [-0.15, -0.1) is 0 Å². The van der Waals surface area contributed by atoms with E-state index in [1.165, 1.54) is 28.7 Å². The first kappa shape index (κ1) is 13.5. The van der Waals surface area contributed by atoms with Crippen LogP contribution in [0.2, 0.25) is 0 Å². The van der Waals surface area contributed by atoms with Gasteiger partial charge >= 0.3 is 0 Å². The van der Waals surface area contributed by atoms with Crippen LogP contribution in [0.3, 0.4) is 0 Å². The lowest BCUT2D eigenvalue weighted by Gasteiger charge is -2.19. The maximum Gasteiger partial charge on any atom is 0.126 e. The normalized spacial score (nSPS) is 16.9. The summed E-state index contributed by atoms with van der Waals surface area (Å²) in [5, 5.41) is 0. The Morgan fingerprint density at radius 2 is 1.67 bits per heavy atom. The Morgan fingerprint density at radius 3 is 2.22 bits per heavy atom. The molecule has 0 aliphatic carbocycles. The van der Waals surface area contributed by atoms with Crippen molar-refractivity contribution < 1.29 is 4.74 Å². The van der Waals surface area contributed by atoms with Crippen LogP contribution in [0.5, 0.6) is 5.75 Å². The molecule has 0 radical (unpaired) electrons. The van der Waals surface area contributed by atoms with Crippen LogP contribution in [0, 0.1) is 26.7 Å². The third-order valence-electron chi connectivity index (χ3n) is 4.13. The SMILES string of the molecule is Cc1c(C)c2c(c(C)c1CC(C)C)CC(C)(C)O2. The summed E-state index contributed by atoms with van der Waals surface area (Å²) in [6.45, 7) is 15.7. The summed E-state index contributed by atoms with van der Waals surface area (Å²) >= 11 is 0. The molecule has 1 aromatic rings. The first-order chi connectivity index (χ1) is 8.23. The predicted molar refractivity (Wildman–Crippen MR) is 77.6 cm³/mol. The van der Waals surface area contributed by atoms with Gasteiger partial charge in [0.2, 0.25) is 0 Å². The van der Waals surface area contributed by atoms with Crippen LogP contribution in [-0.4, -0.2) is 5.60 Å². The zero-order valence-corrected chi connectivity index (χ0v) is 12.9. The van der Waals surface area contributed by atoms with Gasteiger partial charge in [-0.1, -0.05) is 13.8 Å². The summed E-state index contributed by atoms with van der Waals surface area (Å²) in [6.07, 6.45) is 2.21. The van der Waals surface area contributed by atoms with E-state index >= 15 is 0 Å². The van der Waals surface area contributed by atoms with Crippen molar-refractivity contribution in [1.82, 2.24) is 0 Å². The standard InChI is InChI=1S/C17H26O/c1-10(2)8-14-11(3)12(4)16-15(13(14)5)9-17(6,7)18-16/h10H,8-9H2,1-7H3. The minimum absolute atomic E-state index is 0.0409. The van der Waals surface area contributed by atoms with Crippen LogP contribution in [0.1, 0.15) is 55.5 Å². The molecule has 100 valence electrons. The van der Waals surface area contributed by atoms with Crippen molar-refractivity contribution >= 4 is 0 Å². The molecule has 1 aliphatic heterocycles. The minimum Gasteiger partial charge on any atom is -0.487 e. The molecule has 0 spiro atoms. The number of fused-ring (bicyclic) bond motifs is 1. The van der Waals surface area contributed by atoms with E-state index in [-0.39, 0.29) is 5.60 Å². The molecule has 0 aromatic heterocycles. The molecular formula is C17H26O. The fraction of sp³-hybridized carbons (Fsp3) is 0.647. The molecule has 0 bridgehead atoms. The summed E-state index contributed by atoms with van der Waals surface area (Å²) in [7, 11) is 0. The minimum atomic E-state index is -0.0409. The van der Waals surface area contributed by atoms with Crippen molar-refractivity contribution in [2.24, 2.45) is 5.92 Å². The Morgan fingerprint density at radius 1 is 1.06 bits per heavy atom. The number of hydrogen-bond donors (Lipinski definition) is 0. The number of ether oxygens (including phenoxy) is 1. The third-order valence-corrected chi connectivity index (χ3v) is 4.13. The molecule has 0 saturated carbocycles. The average Bonchev–Trinajstić information content (AvgIpc) is 2.58. The van der Waals surface area contributed by atoms with Crippen LogP contribution in [0.25, 0.3) is 0 Å². The Balaban J connectivity index is 2.58. The van der Waals surface area contributed by atoms with Crippen molar-refractivity contribution in [3.8, 4) is 5.75 Å². The van der Waals surface area contributed by atoms with E-state index in [1.807, 2.05) is 0 Å². The van der Waals surface area contributed by atoms with Crippen molar-refractivity contribution in [2.45, 2.75) is 66.9 Å². The monoisotopic (exact) mass is 246 g/mol. The van der Waals surface area contributed by atoms with E-state index < -0.39 is 0 Å². The summed E-state index contributed by atoms with van der Waals surface area (Å²) in [6, 6.07) is 0. The predicted octanol–water partition coefficient (Wildman–Crippen LogP) is 4.52. The average molecular weight is 246 g/mol. The quantitative estimate of drug-likeness (QED) is 0.745. The molecule has 1 aromatic carbocycles. The molecular weight excluding hydrogens is 220 g/mol. The summed E-state index contributed by atoms with van der Waals surface area (Å²) < 4.78 is 6.15. The van der Waals surface area contributed by atoms with Crippen LogP contribution in [0.4, 0.5) is 0 Å². The number of benzene rings is 1. The van der Waals surface area contributed by atoms with Gasteiger partial charge in [0.05, 0.1) is 0 Å². The highest BCUT2D eigenvalue weighted by molar-refractivity contribution is 5.57. The van der Waals surface area contributed by atoms with Gasteiger partial charge in [0.25, 0.3) is 0 Å². The van der Waals surface area contributed by atoms with Gasteiger partial charge < -0.3 is 4.74 Å². The number of hydrogen-bond acceptors (Lipinski definition) is 1. The lowest BCUT2D eigenvalue weighted by molar-refractivity contribution is 0.137. The Labute approximate surface area is 112 Å². The molecule has 0 amide bonds. The Hall–Kier alpha value is -0.980. The Kier molecular flexibility index (Phi) is 3.21. The number of rotatable bonds is 2. The molecule has 0 atom stereocenters. The summed E-state index contributed by atoms with van der Waals surface area (Å²) in [5.41, 5.74) is 7.18. The molecule has 1 aliphatic rings. The molecule has 0 N–H and O–H groups in total. The molecule has 18 heavy (non-hydrogen) atoms. The van der Waals surface area contributed by atoms with E-state index in [9.17, 15) is 0 Å². The molecule has 0 fully saturated rings. The van der Waals surface area contributed by atoms with Crippen molar-refractivity contribution in [2.75, 3.05) is 0 Å². The van der Waals surface area contributed by atoms with E-state index in [1.54, 1.807) is 5.56 Å².